The van der Waals surface area contributed by atoms with Crippen molar-refractivity contribution in [1.29, 1.82) is 0 Å². The zero-order valence-electron chi connectivity index (χ0n) is 13.3. The molecular weight excluding hydrogens is 322 g/mol. The Morgan fingerprint density at radius 2 is 2.12 bits per heavy atom. The van der Waals surface area contributed by atoms with Gasteiger partial charge in [0, 0.05) is 10.4 Å². The van der Waals surface area contributed by atoms with Gasteiger partial charge in [0.1, 0.15) is 5.01 Å². The maximum Gasteiger partial charge on any atom is 0.252 e. The summed E-state index contributed by atoms with van der Waals surface area (Å²) in [6.45, 7) is 0.471. The Labute approximate surface area is 144 Å². The van der Waals surface area contributed by atoms with Crippen LogP contribution in [0.25, 0.3) is 0 Å². The van der Waals surface area contributed by atoms with Gasteiger partial charge in [0.25, 0.3) is 5.91 Å². The maximum atomic E-state index is 12.2. The fourth-order valence-electron chi connectivity index (χ4n) is 3.40. The Morgan fingerprint density at radius 1 is 1.29 bits per heavy atom. The number of hydrogen-bond donors (Lipinski definition) is 2. The number of nitrogens with one attached hydrogen (secondary N) is 2. The largest absolute Gasteiger partial charge is 0.350 e. The average molecular weight is 341 g/mol. The van der Waals surface area contributed by atoms with E-state index in [9.17, 15) is 9.59 Å². The van der Waals surface area contributed by atoms with Crippen LogP contribution in [0.3, 0.4) is 0 Å². The Balaban J connectivity index is 1.36. The molecule has 0 saturated heterocycles. The second-order valence-corrected chi connectivity index (χ2v) is 7.45. The Kier molecular flexibility index (Phi) is 4.06. The highest BCUT2D eigenvalue weighted by Crippen LogP contribution is 2.28. The van der Waals surface area contributed by atoms with Gasteiger partial charge < -0.3 is 10.6 Å². The predicted molar refractivity (Wildman–Crippen MR) is 91.9 cm³/mol. The lowest BCUT2D eigenvalue weighted by atomic mass is 10.0. The van der Waals surface area contributed by atoms with E-state index in [0.29, 0.717) is 12.1 Å². The van der Waals surface area contributed by atoms with E-state index in [2.05, 4.69) is 15.6 Å². The molecule has 6 heteroatoms. The van der Waals surface area contributed by atoms with Gasteiger partial charge >= 0.3 is 0 Å². The second-order valence-electron chi connectivity index (χ2n) is 6.28. The molecule has 2 aliphatic rings. The van der Waals surface area contributed by atoms with Crippen LogP contribution in [-0.4, -0.2) is 16.8 Å². The lowest BCUT2D eigenvalue weighted by molar-refractivity contribution is -0.121. The molecule has 0 bridgehead atoms. The Morgan fingerprint density at radius 3 is 3.00 bits per heavy atom. The third kappa shape index (κ3) is 2.94. The van der Waals surface area contributed by atoms with E-state index in [4.69, 9.17) is 0 Å². The molecule has 1 aromatic carbocycles. The van der Waals surface area contributed by atoms with Crippen molar-refractivity contribution in [2.75, 3.05) is 0 Å². The molecule has 1 aliphatic carbocycles. The number of nitrogens with zero attached hydrogens (tertiary/aromatic N) is 1. The number of carbonyl (C=O) groups excluding carboxylic acids is 2. The van der Waals surface area contributed by atoms with Crippen LogP contribution in [0.15, 0.2) is 24.3 Å². The molecule has 124 valence electrons. The molecule has 5 nitrogen and oxygen atoms in total. The summed E-state index contributed by atoms with van der Waals surface area (Å²) < 4.78 is 0. The van der Waals surface area contributed by atoms with Crippen LogP contribution in [0.4, 0.5) is 0 Å². The number of hydrogen-bond acceptors (Lipinski definition) is 4. The summed E-state index contributed by atoms with van der Waals surface area (Å²) in [4.78, 5) is 30.2. The standard InChI is InChI=1S/C18H19N3O2S/c22-16(9-14-11-5-1-2-6-12(11)18(23)21-14)19-10-17-20-13-7-3-4-8-15(13)24-17/h1-2,5-6,14H,3-4,7-10H2,(H,19,22)(H,21,23)/t14-/m1/s1. The summed E-state index contributed by atoms with van der Waals surface area (Å²) in [5.74, 6) is -0.166. The lowest BCUT2D eigenvalue weighted by Gasteiger charge is -2.11. The summed E-state index contributed by atoms with van der Waals surface area (Å²) in [6.07, 6.45) is 4.88. The molecule has 0 radical (unpaired) electrons. The Hall–Kier alpha value is -2.21. The number of benzene rings is 1. The van der Waals surface area contributed by atoms with E-state index in [1.165, 1.54) is 23.4 Å². The molecule has 0 unspecified atom stereocenters. The second kappa shape index (κ2) is 6.36. The number of aromatic nitrogens is 1. The van der Waals surface area contributed by atoms with Gasteiger partial charge in [0.15, 0.2) is 0 Å². The minimum atomic E-state index is -0.238. The number of carbonyl (C=O) groups is 2. The lowest BCUT2D eigenvalue weighted by Crippen LogP contribution is -2.28. The van der Waals surface area contributed by atoms with E-state index < -0.39 is 0 Å². The summed E-state index contributed by atoms with van der Waals surface area (Å²) in [7, 11) is 0. The highest BCUT2D eigenvalue weighted by atomic mass is 32.1. The van der Waals surface area contributed by atoms with Gasteiger partial charge in [-0.15, -0.1) is 11.3 Å². The fourth-order valence-corrected chi connectivity index (χ4v) is 4.49. The van der Waals surface area contributed by atoms with Gasteiger partial charge in [-0.2, -0.15) is 0 Å². The molecule has 24 heavy (non-hydrogen) atoms. The highest BCUT2D eigenvalue weighted by Gasteiger charge is 2.29. The molecule has 0 spiro atoms. The summed E-state index contributed by atoms with van der Waals surface area (Å²) in [6, 6.07) is 7.19. The van der Waals surface area contributed by atoms with E-state index in [0.717, 1.165) is 23.4 Å². The molecule has 1 aromatic heterocycles. The van der Waals surface area contributed by atoms with Crippen molar-refractivity contribution < 1.29 is 9.59 Å². The topological polar surface area (TPSA) is 71.1 Å². The zero-order valence-corrected chi connectivity index (χ0v) is 14.1. The van der Waals surface area contributed by atoms with E-state index in [1.807, 2.05) is 18.2 Å². The van der Waals surface area contributed by atoms with Crippen LogP contribution in [0, 0.1) is 0 Å². The SMILES string of the molecule is O=C(C[C@H]1NC(=O)c2ccccc21)NCc1nc2c(s1)CCCC2. The average Bonchev–Trinajstić information content (AvgIpc) is 3.15. The smallest absolute Gasteiger partial charge is 0.252 e. The first-order chi connectivity index (χ1) is 11.7. The van der Waals surface area contributed by atoms with Gasteiger partial charge in [0.05, 0.1) is 24.7 Å². The third-order valence-corrected chi connectivity index (χ3v) is 5.76. The van der Waals surface area contributed by atoms with Gasteiger partial charge in [-0.1, -0.05) is 18.2 Å². The van der Waals surface area contributed by atoms with Crippen molar-refractivity contribution in [1.82, 2.24) is 15.6 Å². The number of aryl methyl sites for hydroxylation is 2. The zero-order chi connectivity index (χ0) is 16.5. The van der Waals surface area contributed by atoms with Gasteiger partial charge in [-0.05, 0) is 37.3 Å². The van der Waals surface area contributed by atoms with E-state index in [1.54, 1.807) is 17.4 Å². The molecule has 4 rings (SSSR count). The van der Waals surface area contributed by atoms with Crippen molar-refractivity contribution in [3.05, 3.63) is 51.0 Å². The van der Waals surface area contributed by atoms with E-state index >= 15 is 0 Å². The van der Waals surface area contributed by atoms with Crippen LogP contribution >= 0.6 is 11.3 Å². The molecule has 0 fully saturated rings. The molecule has 0 saturated carbocycles. The summed E-state index contributed by atoms with van der Waals surface area (Å²) in [5.41, 5.74) is 2.79. The van der Waals surface area contributed by atoms with Crippen LogP contribution in [0.1, 0.15) is 56.8 Å². The van der Waals surface area contributed by atoms with Crippen LogP contribution < -0.4 is 10.6 Å². The van der Waals surface area contributed by atoms with Crippen molar-refractivity contribution in [2.45, 2.75) is 44.7 Å². The molecule has 1 atom stereocenters. The third-order valence-electron chi connectivity index (χ3n) is 4.60. The predicted octanol–water partition coefficient (Wildman–Crippen LogP) is 2.51. The van der Waals surface area contributed by atoms with Crippen LogP contribution in [0.5, 0.6) is 0 Å². The monoisotopic (exact) mass is 341 g/mol. The number of thiazole rings is 1. The van der Waals surface area contributed by atoms with Gasteiger partial charge in [0.2, 0.25) is 5.91 Å². The highest BCUT2D eigenvalue weighted by molar-refractivity contribution is 7.11. The van der Waals surface area contributed by atoms with Crippen molar-refractivity contribution in [3.63, 3.8) is 0 Å². The fraction of sp³-hybridized carbons (Fsp3) is 0.389. The first-order valence-electron chi connectivity index (χ1n) is 8.34. The number of amides is 2. The number of rotatable bonds is 4. The quantitative estimate of drug-likeness (QED) is 0.898. The van der Waals surface area contributed by atoms with Gasteiger partial charge in [-0.3, -0.25) is 9.59 Å². The van der Waals surface area contributed by atoms with Crippen molar-refractivity contribution in [2.24, 2.45) is 0 Å². The Bertz CT molecular complexity index is 776. The van der Waals surface area contributed by atoms with Crippen molar-refractivity contribution in [3.8, 4) is 0 Å². The summed E-state index contributed by atoms with van der Waals surface area (Å²) in [5, 5.41) is 6.79. The minimum absolute atomic E-state index is 0.0647. The molecule has 2 N–H and O–H groups in total. The maximum absolute atomic E-state index is 12.2. The number of fused-ring (bicyclic) bond motifs is 2. The molecule has 2 aromatic rings. The van der Waals surface area contributed by atoms with Crippen molar-refractivity contribution >= 4 is 23.2 Å². The van der Waals surface area contributed by atoms with Gasteiger partial charge in [-0.25, -0.2) is 4.98 Å². The summed E-state index contributed by atoms with van der Waals surface area (Å²) >= 11 is 1.71. The molecule has 2 amide bonds. The first-order valence-corrected chi connectivity index (χ1v) is 9.16. The van der Waals surface area contributed by atoms with Crippen LogP contribution in [0.2, 0.25) is 0 Å². The first kappa shape index (κ1) is 15.3. The van der Waals surface area contributed by atoms with Crippen LogP contribution in [-0.2, 0) is 24.2 Å². The van der Waals surface area contributed by atoms with E-state index in [-0.39, 0.29) is 24.3 Å². The molecule has 1 aliphatic heterocycles. The molecule has 2 heterocycles. The molecular formula is C18H19N3O2S. The normalized spacial score (nSPS) is 18.7. The minimum Gasteiger partial charge on any atom is -0.350 e.